The van der Waals surface area contributed by atoms with E-state index in [1.807, 2.05) is 6.07 Å². The largest absolute Gasteiger partial charge is 0.469 e. The summed E-state index contributed by atoms with van der Waals surface area (Å²) in [4.78, 5) is 35.4. The summed E-state index contributed by atoms with van der Waals surface area (Å²) in [5.74, 6) is -2.14. The lowest BCUT2D eigenvalue weighted by Crippen LogP contribution is -2.46. The third-order valence-electron chi connectivity index (χ3n) is 3.30. The van der Waals surface area contributed by atoms with E-state index in [0.717, 1.165) is 0 Å². The molecule has 0 fully saturated rings. The molecule has 7 nitrogen and oxygen atoms in total. The van der Waals surface area contributed by atoms with Gasteiger partial charge in [-0.3, -0.25) is 9.59 Å². The number of rotatable bonds is 6. The SMILES string of the molecule is COC(=O)C[C@H](C)[C@H](NC(=O)c1ccc(C#N)cc1)C(=O)OC. The van der Waals surface area contributed by atoms with Crippen molar-refractivity contribution in [2.45, 2.75) is 19.4 Å². The number of methoxy groups -OCH3 is 2. The van der Waals surface area contributed by atoms with E-state index in [2.05, 4.69) is 14.8 Å². The van der Waals surface area contributed by atoms with E-state index in [1.54, 1.807) is 6.92 Å². The lowest BCUT2D eigenvalue weighted by molar-refractivity contribution is -0.146. The summed E-state index contributed by atoms with van der Waals surface area (Å²) in [7, 11) is 2.45. The van der Waals surface area contributed by atoms with Crippen LogP contribution >= 0.6 is 0 Å². The second kappa shape index (κ2) is 8.54. The molecule has 0 bridgehead atoms. The van der Waals surface area contributed by atoms with E-state index >= 15 is 0 Å². The van der Waals surface area contributed by atoms with E-state index < -0.39 is 29.8 Å². The van der Waals surface area contributed by atoms with Gasteiger partial charge >= 0.3 is 11.9 Å². The van der Waals surface area contributed by atoms with Gasteiger partial charge in [0.25, 0.3) is 5.91 Å². The van der Waals surface area contributed by atoms with Crippen molar-refractivity contribution in [1.82, 2.24) is 5.32 Å². The van der Waals surface area contributed by atoms with Gasteiger partial charge in [0.05, 0.1) is 32.3 Å². The van der Waals surface area contributed by atoms with Gasteiger partial charge in [0.1, 0.15) is 6.04 Å². The molecule has 1 rings (SSSR count). The fraction of sp³-hybridized carbons (Fsp3) is 0.375. The molecule has 0 aromatic heterocycles. The molecule has 0 heterocycles. The number of benzene rings is 1. The molecule has 0 radical (unpaired) electrons. The zero-order valence-electron chi connectivity index (χ0n) is 13.2. The van der Waals surface area contributed by atoms with Crippen LogP contribution in [0.5, 0.6) is 0 Å². The predicted molar refractivity (Wildman–Crippen MR) is 80.2 cm³/mol. The summed E-state index contributed by atoms with van der Waals surface area (Å²) in [5, 5.41) is 11.3. The van der Waals surface area contributed by atoms with Crippen LogP contribution in [0.25, 0.3) is 0 Å². The van der Waals surface area contributed by atoms with E-state index in [-0.39, 0.29) is 6.42 Å². The molecule has 122 valence electrons. The predicted octanol–water partition coefficient (Wildman–Crippen LogP) is 1.03. The van der Waals surface area contributed by atoms with Crippen molar-refractivity contribution in [2.75, 3.05) is 14.2 Å². The number of nitrogens with zero attached hydrogens (tertiary/aromatic N) is 1. The van der Waals surface area contributed by atoms with Crippen LogP contribution in [-0.4, -0.2) is 38.1 Å². The molecule has 1 aromatic rings. The van der Waals surface area contributed by atoms with Gasteiger partial charge in [-0.05, 0) is 30.2 Å². The second-order valence-electron chi connectivity index (χ2n) is 4.92. The number of esters is 2. The maximum absolute atomic E-state index is 12.2. The van der Waals surface area contributed by atoms with Crippen LogP contribution in [-0.2, 0) is 19.1 Å². The van der Waals surface area contributed by atoms with E-state index in [1.165, 1.54) is 38.5 Å². The molecule has 1 aromatic carbocycles. The third-order valence-corrected chi connectivity index (χ3v) is 3.30. The van der Waals surface area contributed by atoms with Crippen molar-refractivity contribution < 1.29 is 23.9 Å². The van der Waals surface area contributed by atoms with E-state index in [9.17, 15) is 14.4 Å². The Morgan fingerprint density at radius 2 is 1.78 bits per heavy atom. The average Bonchev–Trinajstić information content (AvgIpc) is 2.58. The Balaban J connectivity index is 2.87. The minimum Gasteiger partial charge on any atom is -0.469 e. The number of nitrogens with one attached hydrogen (secondary N) is 1. The molecule has 0 aliphatic carbocycles. The number of nitriles is 1. The molecular formula is C16H18N2O5. The Labute approximate surface area is 134 Å². The third kappa shape index (κ3) is 5.11. The Morgan fingerprint density at radius 1 is 1.17 bits per heavy atom. The highest BCUT2D eigenvalue weighted by molar-refractivity contribution is 5.97. The van der Waals surface area contributed by atoms with Crippen LogP contribution in [0.3, 0.4) is 0 Å². The molecule has 1 N–H and O–H groups in total. The molecule has 0 spiro atoms. The smallest absolute Gasteiger partial charge is 0.328 e. The molecule has 0 aliphatic rings. The summed E-state index contributed by atoms with van der Waals surface area (Å²) in [6, 6.07) is 6.92. The first kappa shape index (κ1) is 18.2. The van der Waals surface area contributed by atoms with Crippen LogP contribution in [0.1, 0.15) is 29.3 Å². The molecule has 1 amide bonds. The molecule has 0 unspecified atom stereocenters. The van der Waals surface area contributed by atoms with Crippen molar-refractivity contribution in [3.63, 3.8) is 0 Å². The minimum atomic E-state index is -0.984. The number of carbonyl (C=O) groups excluding carboxylic acids is 3. The highest BCUT2D eigenvalue weighted by Crippen LogP contribution is 2.12. The van der Waals surface area contributed by atoms with E-state index in [0.29, 0.717) is 11.1 Å². The molecule has 2 atom stereocenters. The zero-order valence-corrected chi connectivity index (χ0v) is 13.2. The van der Waals surface area contributed by atoms with Gasteiger partial charge in [-0.15, -0.1) is 0 Å². The van der Waals surface area contributed by atoms with E-state index in [4.69, 9.17) is 5.26 Å². The van der Waals surface area contributed by atoms with Crippen LogP contribution in [0.4, 0.5) is 0 Å². The van der Waals surface area contributed by atoms with Gasteiger partial charge in [0, 0.05) is 5.56 Å². The number of hydrogen-bond donors (Lipinski definition) is 1. The van der Waals surface area contributed by atoms with Gasteiger partial charge in [-0.25, -0.2) is 4.79 Å². The first-order chi connectivity index (χ1) is 10.9. The standard InChI is InChI=1S/C16H18N2O5/c1-10(8-13(19)22-2)14(16(21)23-3)18-15(20)12-6-4-11(9-17)5-7-12/h4-7,10,14H,8H2,1-3H3,(H,18,20)/t10-,14-/m0/s1. The van der Waals surface area contributed by atoms with Crippen molar-refractivity contribution in [1.29, 1.82) is 5.26 Å². The Hall–Kier alpha value is -2.88. The quantitative estimate of drug-likeness (QED) is 0.785. The Kier molecular flexibility index (Phi) is 6.74. The van der Waals surface area contributed by atoms with Gasteiger partial charge in [-0.2, -0.15) is 5.26 Å². The fourth-order valence-corrected chi connectivity index (χ4v) is 1.95. The molecule has 7 heteroatoms. The number of carbonyl (C=O) groups is 3. The normalized spacial score (nSPS) is 12.4. The second-order valence-corrected chi connectivity index (χ2v) is 4.92. The van der Waals surface area contributed by atoms with Gasteiger partial charge in [-0.1, -0.05) is 6.92 Å². The molecule has 0 saturated heterocycles. The van der Waals surface area contributed by atoms with Crippen LogP contribution in [0.15, 0.2) is 24.3 Å². The molecule has 23 heavy (non-hydrogen) atoms. The lowest BCUT2D eigenvalue weighted by atomic mass is 9.97. The highest BCUT2D eigenvalue weighted by Gasteiger charge is 2.29. The molecular weight excluding hydrogens is 300 g/mol. The van der Waals surface area contributed by atoms with Crippen molar-refractivity contribution in [3.8, 4) is 6.07 Å². The number of hydrogen-bond acceptors (Lipinski definition) is 6. The first-order valence-electron chi connectivity index (χ1n) is 6.88. The number of ether oxygens (including phenoxy) is 2. The van der Waals surface area contributed by atoms with Crippen LogP contribution < -0.4 is 5.32 Å². The maximum Gasteiger partial charge on any atom is 0.328 e. The van der Waals surface area contributed by atoms with Gasteiger partial charge < -0.3 is 14.8 Å². The van der Waals surface area contributed by atoms with Crippen LogP contribution in [0.2, 0.25) is 0 Å². The number of amides is 1. The zero-order chi connectivity index (χ0) is 17.4. The fourth-order valence-electron chi connectivity index (χ4n) is 1.95. The van der Waals surface area contributed by atoms with Crippen molar-refractivity contribution in [2.24, 2.45) is 5.92 Å². The van der Waals surface area contributed by atoms with Gasteiger partial charge in [0.15, 0.2) is 0 Å². The summed E-state index contributed by atoms with van der Waals surface area (Å²) >= 11 is 0. The van der Waals surface area contributed by atoms with Gasteiger partial charge in [0.2, 0.25) is 0 Å². The average molecular weight is 318 g/mol. The van der Waals surface area contributed by atoms with Crippen LogP contribution in [0, 0.1) is 17.2 Å². The minimum absolute atomic E-state index is 0.0378. The van der Waals surface area contributed by atoms with Crippen molar-refractivity contribution >= 4 is 17.8 Å². The molecule has 0 saturated carbocycles. The Morgan fingerprint density at radius 3 is 2.26 bits per heavy atom. The summed E-state index contributed by atoms with van der Waals surface area (Å²) in [6.07, 6.45) is -0.0378. The molecule has 0 aliphatic heterocycles. The maximum atomic E-state index is 12.2. The summed E-state index contributed by atoms with van der Waals surface area (Å²) in [6.45, 7) is 1.64. The Bertz CT molecular complexity index is 618. The summed E-state index contributed by atoms with van der Waals surface area (Å²) in [5.41, 5.74) is 0.716. The topological polar surface area (TPSA) is 105 Å². The van der Waals surface area contributed by atoms with Crippen molar-refractivity contribution in [3.05, 3.63) is 35.4 Å². The first-order valence-corrected chi connectivity index (χ1v) is 6.88. The highest BCUT2D eigenvalue weighted by atomic mass is 16.5. The summed E-state index contributed by atoms with van der Waals surface area (Å²) < 4.78 is 9.24. The lowest BCUT2D eigenvalue weighted by Gasteiger charge is -2.22. The monoisotopic (exact) mass is 318 g/mol.